The molecule has 0 spiro atoms. The first-order valence-electron chi connectivity index (χ1n) is 11.9. The van der Waals surface area contributed by atoms with E-state index in [1.165, 1.54) is 25.4 Å². The fraction of sp³-hybridized carbons (Fsp3) is 0.308. The fourth-order valence-electron chi connectivity index (χ4n) is 4.15. The van der Waals surface area contributed by atoms with Gasteiger partial charge in [-0.25, -0.2) is 14.8 Å². The summed E-state index contributed by atoms with van der Waals surface area (Å²) in [4.78, 5) is 36.4. The van der Waals surface area contributed by atoms with E-state index in [9.17, 15) is 22.8 Å². The third kappa shape index (κ3) is 6.50. The van der Waals surface area contributed by atoms with Crippen molar-refractivity contribution < 1.29 is 27.5 Å². The zero-order chi connectivity index (χ0) is 27.4. The van der Waals surface area contributed by atoms with Gasteiger partial charge in [-0.15, -0.1) is 0 Å². The predicted octanol–water partition coefficient (Wildman–Crippen LogP) is 5.30. The van der Waals surface area contributed by atoms with Gasteiger partial charge < -0.3 is 25.2 Å². The molecule has 2 N–H and O–H groups in total. The van der Waals surface area contributed by atoms with Crippen LogP contribution in [0.25, 0.3) is 0 Å². The SMILES string of the molecule is CC(=O)N1CCN(c2cc(Oc3ccc(NC(=O)Nc4ccc(C)c(C(F)(F)F)c4)cc3)ncn2)[C@H](C)C1. The maximum absolute atomic E-state index is 13.1. The molecule has 0 unspecified atom stereocenters. The number of aryl methyl sites for hydroxylation is 1. The molecule has 3 amide bonds. The minimum Gasteiger partial charge on any atom is -0.439 e. The van der Waals surface area contributed by atoms with Crippen molar-refractivity contribution in [1.82, 2.24) is 14.9 Å². The summed E-state index contributed by atoms with van der Waals surface area (Å²) in [5.41, 5.74) is -0.298. The van der Waals surface area contributed by atoms with Gasteiger partial charge in [0.15, 0.2) is 0 Å². The Morgan fingerprint density at radius 1 is 1.00 bits per heavy atom. The van der Waals surface area contributed by atoms with E-state index in [1.54, 1.807) is 42.2 Å². The Morgan fingerprint density at radius 2 is 1.68 bits per heavy atom. The number of nitrogens with one attached hydrogen (secondary N) is 2. The van der Waals surface area contributed by atoms with Crippen LogP contribution in [0.2, 0.25) is 0 Å². The van der Waals surface area contributed by atoms with Crippen LogP contribution in [0.4, 0.5) is 35.2 Å². The van der Waals surface area contributed by atoms with Crippen LogP contribution in [0.5, 0.6) is 11.6 Å². The smallest absolute Gasteiger partial charge is 0.416 e. The lowest BCUT2D eigenvalue weighted by Crippen LogP contribution is -2.53. The summed E-state index contributed by atoms with van der Waals surface area (Å²) >= 11 is 0. The van der Waals surface area contributed by atoms with E-state index in [4.69, 9.17) is 4.74 Å². The number of hydrogen-bond donors (Lipinski definition) is 2. The van der Waals surface area contributed by atoms with Crippen molar-refractivity contribution >= 4 is 29.1 Å². The minimum absolute atomic E-state index is 0.0250. The molecule has 2 heterocycles. The molecule has 0 bridgehead atoms. The van der Waals surface area contributed by atoms with Crippen molar-refractivity contribution in [3.05, 3.63) is 66.0 Å². The quantitative estimate of drug-likeness (QED) is 0.467. The number of hydrogen-bond acceptors (Lipinski definition) is 6. The van der Waals surface area contributed by atoms with Gasteiger partial charge in [-0.1, -0.05) is 6.07 Å². The number of halogens is 3. The topological polar surface area (TPSA) is 99.7 Å². The summed E-state index contributed by atoms with van der Waals surface area (Å²) < 4.78 is 45.2. The molecule has 38 heavy (non-hydrogen) atoms. The van der Waals surface area contributed by atoms with Crippen molar-refractivity contribution in [2.75, 3.05) is 35.2 Å². The molecule has 3 aromatic rings. The molecule has 9 nitrogen and oxygen atoms in total. The third-order valence-corrected chi connectivity index (χ3v) is 6.13. The maximum Gasteiger partial charge on any atom is 0.416 e. The van der Waals surface area contributed by atoms with Crippen LogP contribution in [0, 0.1) is 6.92 Å². The number of carbonyl (C=O) groups excluding carboxylic acids is 2. The molecule has 0 aliphatic carbocycles. The van der Waals surface area contributed by atoms with E-state index >= 15 is 0 Å². The van der Waals surface area contributed by atoms with Crippen LogP contribution in [0.3, 0.4) is 0 Å². The number of amides is 3. The Balaban J connectivity index is 1.36. The fourth-order valence-corrected chi connectivity index (χ4v) is 4.15. The van der Waals surface area contributed by atoms with Crippen molar-refractivity contribution in [2.24, 2.45) is 0 Å². The van der Waals surface area contributed by atoms with E-state index in [2.05, 4.69) is 25.5 Å². The van der Waals surface area contributed by atoms with Crippen molar-refractivity contribution in [2.45, 2.75) is 33.0 Å². The maximum atomic E-state index is 13.1. The molecular weight excluding hydrogens is 501 g/mol. The highest BCUT2D eigenvalue weighted by Gasteiger charge is 2.32. The zero-order valence-electron chi connectivity index (χ0n) is 21.0. The molecule has 1 aliphatic rings. The van der Waals surface area contributed by atoms with E-state index in [1.807, 2.05) is 6.92 Å². The van der Waals surface area contributed by atoms with Gasteiger partial charge in [0.2, 0.25) is 11.8 Å². The Labute approximate surface area is 217 Å². The van der Waals surface area contributed by atoms with Crippen LogP contribution < -0.4 is 20.3 Å². The summed E-state index contributed by atoms with van der Waals surface area (Å²) in [6.07, 6.45) is -3.11. The molecule has 1 saturated heterocycles. The number of urea groups is 1. The van der Waals surface area contributed by atoms with E-state index < -0.39 is 17.8 Å². The highest BCUT2D eigenvalue weighted by molar-refractivity contribution is 5.99. The number of aromatic nitrogens is 2. The van der Waals surface area contributed by atoms with Crippen LogP contribution in [0.15, 0.2) is 54.9 Å². The number of carbonyl (C=O) groups is 2. The first kappa shape index (κ1) is 26.7. The second-order valence-corrected chi connectivity index (χ2v) is 8.95. The normalized spacial score (nSPS) is 15.7. The predicted molar refractivity (Wildman–Crippen MR) is 136 cm³/mol. The highest BCUT2D eigenvalue weighted by Crippen LogP contribution is 2.33. The summed E-state index contributed by atoms with van der Waals surface area (Å²) in [7, 11) is 0. The molecular formula is C26H27F3N6O3. The lowest BCUT2D eigenvalue weighted by Gasteiger charge is -2.40. The van der Waals surface area contributed by atoms with Crippen LogP contribution in [-0.2, 0) is 11.0 Å². The molecule has 1 fully saturated rings. The van der Waals surface area contributed by atoms with Gasteiger partial charge >= 0.3 is 12.2 Å². The number of rotatable bonds is 5. The number of anilines is 3. The Morgan fingerprint density at radius 3 is 2.34 bits per heavy atom. The number of nitrogens with zero attached hydrogens (tertiary/aromatic N) is 4. The van der Waals surface area contributed by atoms with Gasteiger partial charge in [-0.3, -0.25) is 4.79 Å². The van der Waals surface area contributed by atoms with Gasteiger partial charge in [0.05, 0.1) is 5.56 Å². The van der Waals surface area contributed by atoms with Gasteiger partial charge in [0, 0.05) is 50.0 Å². The second kappa shape index (κ2) is 11.0. The third-order valence-electron chi connectivity index (χ3n) is 6.13. The number of benzene rings is 2. The van der Waals surface area contributed by atoms with Crippen molar-refractivity contribution in [1.29, 1.82) is 0 Å². The van der Waals surface area contributed by atoms with Gasteiger partial charge in [0.25, 0.3) is 0 Å². The molecule has 1 aliphatic heterocycles. The van der Waals surface area contributed by atoms with Crippen LogP contribution in [0.1, 0.15) is 25.0 Å². The lowest BCUT2D eigenvalue weighted by atomic mass is 10.1. The molecule has 4 rings (SSSR count). The number of ether oxygens (including phenoxy) is 1. The number of alkyl halides is 3. The van der Waals surface area contributed by atoms with Crippen LogP contribution in [-0.4, -0.2) is 52.5 Å². The average Bonchev–Trinajstić information content (AvgIpc) is 2.86. The van der Waals surface area contributed by atoms with E-state index in [-0.39, 0.29) is 23.2 Å². The molecule has 1 atom stereocenters. The standard InChI is InChI=1S/C26H27F3N6O3/c1-16-4-5-20(12-22(16)26(27,28)29)33-25(37)32-19-6-8-21(9-7-19)38-24-13-23(30-15-31-24)35-11-10-34(18(3)36)14-17(35)2/h4-9,12-13,15,17H,10-11,14H2,1-3H3,(H2,32,33,37)/t17-/m1/s1. The van der Waals surface area contributed by atoms with Crippen molar-refractivity contribution in [3.8, 4) is 11.6 Å². The first-order valence-corrected chi connectivity index (χ1v) is 11.9. The Kier molecular flexibility index (Phi) is 7.70. The van der Waals surface area contributed by atoms with Crippen molar-refractivity contribution in [3.63, 3.8) is 0 Å². The van der Waals surface area contributed by atoms with E-state index in [0.717, 1.165) is 6.07 Å². The summed E-state index contributed by atoms with van der Waals surface area (Å²) in [5.74, 6) is 1.52. The molecule has 1 aromatic heterocycles. The monoisotopic (exact) mass is 528 g/mol. The largest absolute Gasteiger partial charge is 0.439 e. The molecule has 12 heteroatoms. The van der Waals surface area contributed by atoms with Gasteiger partial charge in [-0.2, -0.15) is 13.2 Å². The minimum atomic E-state index is -4.51. The average molecular weight is 529 g/mol. The lowest BCUT2D eigenvalue weighted by molar-refractivity contribution is -0.138. The highest BCUT2D eigenvalue weighted by atomic mass is 19.4. The molecule has 0 radical (unpaired) electrons. The molecule has 2 aromatic carbocycles. The summed E-state index contributed by atoms with van der Waals surface area (Å²) in [6, 6.07) is 11.1. The Bertz CT molecular complexity index is 1320. The molecule has 200 valence electrons. The summed E-state index contributed by atoms with van der Waals surface area (Å²) in [6.45, 7) is 6.78. The number of piperazine rings is 1. The van der Waals surface area contributed by atoms with Gasteiger partial charge in [0.1, 0.15) is 17.9 Å². The second-order valence-electron chi connectivity index (χ2n) is 8.95. The first-order chi connectivity index (χ1) is 18.0. The van der Waals surface area contributed by atoms with Gasteiger partial charge in [-0.05, 0) is 55.8 Å². The Hall–Kier alpha value is -4.35. The van der Waals surface area contributed by atoms with E-state index in [0.29, 0.717) is 42.8 Å². The summed E-state index contributed by atoms with van der Waals surface area (Å²) in [5, 5.41) is 4.99. The molecule has 0 saturated carbocycles. The zero-order valence-corrected chi connectivity index (χ0v) is 21.0. The van der Waals surface area contributed by atoms with Crippen LogP contribution >= 0.6 is 0 Å².